The van der Waals surface area contributed by atoms with Gasteiger partial charge in [0.1, 0.15) is 5.82 Å². The van der Waals surface area contributed by atoms with E-state index in [0.29, 0.717) is 13.1 Å². The van der Waals surface area contributed by atoms with E-state index in [9.17, 15) is 4.79 Å². The van der Waals surface area contributed by atoms with E-state index >= 15 is 0 Å². The number of likely N-dealkylation sites (N-methyl/N-ethyl adjacent to an activating group) is 1. The van der Waals surface area contributed by atoms with Crippen LogP contribution in [0.4, 0.5) is 5.82 Å². The predicted molar refractivity (Wildman–Crippen MR) is 143 cm³/mol. The summed E-state index contributed by atoms with van der Waals surface area (Å²) in [6.45, 7) is 14.9. The Morgan fingerprint density at radius 2 is 1.63 bits per heavy atom. The van der Waals surface area contributed by atoms with Crippen LogP contribution in [0.3, 0.4) is 0 Å². The van der Waals surface area contributed by atoms with E-state index in [4.69, 9.17) is 5.10 Å². The molecule has 0 atom stereocenters. The van der Waals surface area contributed by atoms with E-state index in [1.165, 1.54) is 5.56 Å². The number of piperazine rings is 1. The third kappa shape index (κ3) is 5.59. The largest absolute Gasteiger partial charge is 0.354 e. The van der Waals surface area contributed by atoms with Crippen LogP contribution in [-0.4, -0.2) is 64.8 Å². The molecule has 1 aliphatic heterocycles. The highest BCUT2D eigenvalue weighted by atomic mass is 16.2. The molecule has 1 saturated heterocycles. The fraction of sp³-hybridized carbons (Fsp3) is 0.448. The number of anilines is 1. The van der Waals surface area contributed by atoms with E-state index in [1.807, 2.05) is 23.1 Å². The number of aryl methyl sites for hydroxylation is 2. The van der Waals surface area contributed by atoms with Crippen LogP contribution in [0.25, 0.3) is 5.69 Å². The van der Waals surface area contributed by atoms with Crippen LogP contribution in [0.5, 0.6) is 0 Å². The molecule has 0 spiro atoms. The van der Waals surface area contributed by atoms with Gasteiger partial charge in [-0.1, -0.05) is 51.1 Å². The second kappa shape index (κ2) is 11.5. The van der Waals surface area contributed by atoms with E-state index in [0.717, 1.165) is 73.9 Å². The zero-order chi connectivity index (χ0) is 24.8. The van der Waals surface area contributed by atoms with Crippen LogP contribution < -0.4 is 4.90 Å². The Hall–Kier alpha value is -3.12. The molecule has 1 fully saturated rings. The molecule has 186 valence electrons. The number of rotatable bonds is 9. The molecule has 1 amide bonds. The van der Waals surface area contributed by atoms with Gasteiger partial charge in [-0.25, -0.2) is 4.68 Å². The van der Waals surface area contributed by atoms with Gasteiger partial charge in [-0.2, -0.15) is 5.10 Å². The van der Waals surface area contributed by atoms with Gasteiger partial charge in [0, 0.05) is 43.9 Å². The molecule has 6 nitrogen and oxygen atoms in total. The molecule has 0 radical (unpaired) electrons. The average molecular weight is 474 g/mol. The van der Waals surface area contributed by atoms with Crippen LogP contribution in [-0.2, 0) is 13.0 Å². The van der Waals surface area contributed by atoms with Crippen LogP contribution >= 0.6 is 0 Å². The summed E-state index contributed by atoms with van der Waals surface area (Å²) in [7, 11) is 0. The maximum absolute atomic E-state index is 13.6. The minimum absolute atomic E-state index is 0.0862. The summed E-state index contributed by atoms with van der Waals surface area (Å²) in [5, 5.41) is 4.99. The number of nitrogens with zero attached hydrogens (tertiary/aromatic N) is 5. The summed E-state index contributed by atoms with van der Waals surface area (Å²) in [4.78, 5) is 20.5. The maximum Gasteiger partial charge on any atom is 0.254 e. The predicted octanol–water partition coefficient (Wildman–Crippen LogP) is 4.94. The lowest BCUT2D eigenvalue weighted by Gasteiger charge is -2.36. The number of hydrogen-bond donors (Lipinski definition) is 0. The lowest BCUT2D eigenvalue weighted by atomic mass is 10.1. The summed E-state index contributed by atoms with van der Waals surface area (Å²) >= 11 is 0. The maximum atomic E-state index is 13.6. The molecule has 2 heterocycles. The highest BCUT2D eigenvalue weighted by Gasteiger charge is 2.27. The number of benzene rings is 2. The van der Waals surface area contributed by atoms with Gasteiger partial charge in [-0.15, -0.1) is 0 Å². The van der Waals surface area contributed by atoms with Gasteiger partial charge >= 0.3 is 0 Å². The Bertz CT molecular complexity index is 1100. The Balaban J connectivity index is 1.70. The van der Waals surface area contributed by atoms with E-state index < -0.39 is 0 Å². The van der Waals surface area contributed by atoms with Gasteiger partial charge in [0.2, 0.25) is 0 Å². The molecule has 3 aromatic rings. The molecule has 0 bridgehead atoms. The summed E-state index contributed by atoms with van der Waals surface area (Å²) in [6.07, 6.45) is 1.88. The van der Waals surface area contributed by atoms with Crippen molar-refractivity contribution in [2.45, 2.75) is 47.1 Å². The van der Waals surface area contributed by atoms with Crippen LogP contribution in [0.15, 0.2) is 54.6 Å². The van der Waals surface area contributed by atoms with Gasteiger partial charge in [-0.05, 0) is 56.1 Å². The van der Waals surface area contributed by atoms with Crippen molar-refractivity contribution in [1.29, 1.82) is 0 Å². The van der Waals surface area contributed by atoms with Crippen molar-refractivity contribution >= 4 is 11.7 Å². The van der Waals surface area contributed by atoms with Crippen molar-refractivity contribution in [3.63, 3.8) is 0 Å². The molecule has 0 N–H and O–H groups in total. The standard InChI is InChI=1S/C29H39N5O/c1-5-17-33(29(35)25-15-13-24(6-2)14-16-25)22-27-23(4)30-34(26-11-9-8-10-12-26)28(27)32-20-18-31(7-3)19-21-32/h8-16H,5-7,17-22H2,1-4H3. The average Bonchev–Trinajstić information content (AvgIpc) is 3.24. The summed E-state index contributed by atoms with van der Waals surface area (Å²) in [5.41, 5.74) is 5.18. The molecule has 0 unspecified atom stereocenters. The second-order valence-corrected chi connectivity index (χ2v) is 9.33. The van der Waals surface area contributed by atoms with Crippen molar-refractivity contribution in [2.75, 3.05) is 44.2 Å². The first-order valence-corrected chi connectivity index (χ1v) is 13.0. The SMILES string of the molecule is CCCN(Cc1c(C)nn(-c2ccccc2)c1N1CCN(CC)CC1)C(=O)c1ccc(CC)cc1. The van der Waals surface area contributed by atoms with Crippen molar-refractivity contribution in [3.8, 4) is 5.69 Å². The van der Waals surface area contributed by atoms with Gasteiger partial charge < -0.3 is 14.7 Å². The fourth-order valence-corrected chi connectivity index (χ4v) is 4.86. The molecule has 4 rings (SSSR count). The number of amides is 1. The van der Waals surface area contributed by atoms with E-state index in [1.54, 1.807) is 0 Å². The smallest absolute Gasteiger partial charge is 0.254 e. The van der Waals surface area contributed by atoms with E-state index in [-0.39, 0.29) is 5.91 Å². The molecular weight excluding hydrogens is 434 g/mol. The first-order chi connectivity index (χ1) is 17.0. The van der Waals surface area contributed by atoms with Gasteiger partial charge in [0.05, 0.1) is 17.9 Å². The molecule has 0 aliphatic carbocycles. The first-order valence-electron chi connectivity index (χ1n) is 13.0. The molecule has 6 heteroatoms. The quantitative estimate of drug-likeness (QED) is 0.442. The molecule has 0 saturated carbocycles. The molecule has 2 aromatic carbocycles. The summed E-state index contributed by atoms with van der Waals surface area (Å²) in [5.74, 6) is 1.21. The third-order valence-electron chi connectivity index (χ3n) is 7.02. The topological polar surface area (TPSA) is 44.6 Å². The number of carbonyl (C=O) groups is 1. The Morgan fingerprint density at radius 1 is 0.943 bits per heavy atom. The normalized spacial score (nSPS) is 14.3. The minimum Gasteiger partial charge on any atom is -0.354 e. The summed E-state index contributed by atoms with van der Waals surface area (Å²) < 4.78 is 2.08. The van der Waals surface area contributed by atoms with Crippen molar-refractivity contribution in [1.82, 2.24) is 19.6 Å². The van der Waals surface area contributed by atoms with Gasteiger partial charge in [0.15, 0.2) is 0 Å². The second-order valence-electron chi connectivity index (χ2n) is 9.33. The van der Waals surface area contributed by atoms with Crippen LogP contribution in [0.2, 0.25) is 0 Å². The number of hydrogen-bond acceptors (Lipinski definition) is 4. The van der Waals surface area contributed by atoms with E-state index in [2.05, 4.69) is 78.6 Å². The Kier molecular flexibility index (Phi) is 8.24. The summed E-state index contributed by atoms with van der Waals surface area (Å²) in [6, 6.07) is 18.4. The Labute approximate surface area is 210 Å². The van der Waals surface area contributed by atoms with Crippen molar-refractivity contribution < 1.29 is 4.79 Å². The third-order valence-corrected chi connectivity index (χ3v) is 7.02. The first kappa shape index (κ1) is 25.0. The Morgan fingerprint density at radius 3 is 2.23 bits per heavy atom. The zero-order valence-electron chi connectivity index (χ0n) is 21.7. The van der Waals surface area contributed by atoms with Gasteiger partial charge in [0.25, 0.3) is 5.91 Å². The lowest BCUT2D eigenvalue weighted by molar-refractivity contribution is 0.0743. The molecule has 1 aromatic heterocycles. The lowest BCUT2D eigenvalue weighted by Crippen LogP contribution is -2.47. The highest BCUT2D eigenvalue weighted by molar-refractivity contribution is 5.94. The number of para-hydroxylation sites is 1. The van der Waals surface area contributed by atoms with Crippen molar-refractivity contribution in [2.24, 2.45) is 0 Å². The minimum atomic E-state index is 0.0862. The van der Waals surface area contributed by atoms with Crippen LogP contribution in [0.1, 0.15) is 54.4 Å². The van der Waals surface area contributed by atoms with Crippen LogP contribution in [0, 0.1) is 6.92 Å². The number of aromatic nitrogens is 2. The number of carbonyl (C=O) groups excluding carboxylic acids is 1. The highest BCUT2D eigenvalue weighted by Crippen LogP contribution is 2.30. The molecule has 35 heavy (non-hydrogen) atoms. The zero-order valence-corrected chi connectivity index (χ0v) is 21.7. The van der Waals surface area contributed by atoms with Crippen molar-refractivity contribution in [3.05, 3.63) is 77.0 Å². The molecule has 1 aliphatic rings. The van der Waals surface area contributed by atoms with Gasteiger partial charge in [-0.3, -0.25) is 4.79 Å². The fourth-order valence-electron chi connectivity index (χ4n) is 4.86. The molecular formula is C29H39N5O. The monoisotopic (exact) mass is 473 g/mol.